The minimum atomic E-state index is -1.13. The Bertz CT molecular complexity index is 1550. The molecule has 0 unspecified atom stereocenters. The number of rotatable bonds is 9. The quantitative estimate of drug-likeness (QED) is 0.291. The van der Waals surface area contributed by atoms with Crippen LogP contribution in [0.3, 0.4) is 0 Å². The lowest BCUT2D eigenvalue weighted by Crippen LogP contribution is -2.44. The molecule has 1 N–H and O–H groups in total. The molecule has 6 rings (SSSR count). The smallest absolute Gasteiger partial charge is 0.268 e. The maximum atomic E-state index is 14.7. The average Bonchev–Trinajstić information content (AvgIpc) is 3.66. The van der Waals surface area contributed by atoms with E-state index in [1.54, 1.807) is 7.11 Å². The maximum Gasteiger partial charge on any atom is 0.268 e. The number of nitrogens with zero attached hydrogens (tertiary/aromatic N) is 4. The lowest BCUT2D eigenvalue weighted by atomic mass is 9.63. The zero-order valence-corrected chi connectivity index (χ0v) is 24.6. The second-order valence-electron chi connectivity index (χ2n) is 11.9. The number of benzene rings is 3. The summed E-state index contributed by atoms with van der Waals surface area (Å²) in [4.78, 5) is 16.5. The highest BCUT2D eigenvalue weighted by atomic mass is 16.5. The largest absolute Gasteiger partial charge is 0.497 e. The van der Waals surface area contributed by atoms with Gasteiger partial charge in [-0.25, -0.2) is 0 Å². The van der Waals surface area contributed by atoms with E-state index in [1.807, 2.05) is 82.5 Å². The van der Waals surface area contributed by atoms with Gasteiger partial charge >= 0.3 is 0 Å². The van der Waals surface area contributed by atoms with Gasteiger partial charge in [0, 0.05) is 48.9 Å². The van der Waals surface area contributed by atoms with Crippen LogP contribution in [0.4, 0.5) is 11.4 Å². The molecule has 1 spiro atoms. The second-order valence-corrected chi connectivity index (χ2v) is 11.9. The third-order valence-corrected chi connectivity index (χ3v) is 9.26. The van der Waals surface area contributed by atoms with Crippen LogP contribution in [0.1, 0.15) is 44.0 Å². The van der Waals surface area contributed by atoms with Crippen molar-refractivity contribution in [3.05, 3.63) is 102 Å². The first-order valence-corrected chi connectivity index (χ1v) is 14.6. The monoisotopic (exact) mass is 566 g/mol. The third kappa shape index (κ3) is 4.50. The molecule has 1 amide bonds. The summed E-state index contributed by atoms with van der Waals surface area (Å²) >= 11 is 0. The van der Waals surface area contributed by atoms with Gasteiger partial charge in [0.2, 0.25) is 0 Å². The first-order chi connectivity index (χ1) is 20.3. The second kappa shape index (κ2) is 11.0. The fraction of sp³-hybridized carbons (Fsp3) is 0.382. The highest BCUT2D eigenvalue weighted by Crippen LogP contribution is 2.60. The van der Waals surface area contributed by atoms with Crippen molar-refractivity contribution in [2.24, 2.45) is 11.8 Å². The van der Waals surface area contributed by atoms with Crippen molar-refractivity contribution < 1.29 is 19.4 Å². The minimum absolute atomic E-state index is 0.000872. The summed E-state index contributed by atoms with van der Waals surface area (Å²) in [6.45, 7) is 7.29. The molecule has 1 aromatic heterocycles. The van der Waals surface area contributed by atoms with E-state index < -0.39 is 5.60 Å². The Morgan fingerprint density at radius 1 is 1.02 bits per heavy atom. The van der Waals surface area contributed by atoms with E-state index in [0.717, 1.165) is 33.9 Å². The number of fused-ring (bicyclic) bond motifs is 2. The van der Waals surface area contributed by atoms with Crippen molar-refractivity contribution >= 4 is 17.3 Å². The number of anilines is 2. The van der Waals surface area contributed by atoms with Crippen molar-refractivity contribution in [3.63, 3.8) is 0 Å². The Labute approximate surface area is 246 Å². The highest BCUT2D eigenvalue weighted by molar-refractivity contribution is 6.12. The van der Waals surface area contributed by atoms with Gasteiger partial charge in [0.05, 0.1) is 24.6 Å². The van der Waals surface area contributed by atoms with Gasteiger partial charge < -0.3 is 14.6 Å². The summed E-state index contributed by atoms with van der Waals surface area (Å²) < 4.78 is 14.4. The SMILES string of the molecule is COc1ccc(C(C)(C)[C@@H]2[C@@H](CCn3cc(CCO)nn3)O[C@]3(C(=O)N(c4ccccc4)c4ccccc43)[C@H]2C)cc1. The summed E-state index contributed by atoms with van der Waals surface area (Å²) in [6.07, 6.45) is 2.75. The van der Waals surface area contributed by atoms with Gasteiger partial charge in [-0.15, -0.1) is 5.10 Å². The molecule has 3 heterocycles. The molecule has 0 saturated carbocycles. The summed E-state index contributed by atoms with van der Waals surface area (Å²) in [5.41, 5.74) is 3.06. The number of amides is 1. The number of carbonyl (C=O) groups excluding carboxylic acids is 1. The van der Waals surface area contributed by atoms with E-state index in [-0.39, 0.29) is 35.9 Å². The third-order valence-electron chi connectivity index (χ3n) is 9.26. The predicted molar refractivity (Wildman–Crippen MR) is 161 cm³/mol. The number of hydrogen-bond donors (Lipinski definition) is 1. The molecule has 8 heteroatoms. The highest BCUT2D eigenvalue weighted by Gasteiger charge is 2.66. The number of ether oxygens (including phenoxy) is 2. The average molecular weight is 567 g/mol. The summed E-state index contributed by atoms with van der Waals surface area (Å²) in [7, 11) is 1.67. The fourth-order valence-corrected chi connectivity index (χ4v) is 7.23. The first kappa shape index (κ1) is 28.1. The number of para-hydroxylation sites is 2. The van der Waals surface area contributed by atoms with Gasteiger partial charge in [0.25, 0.3) is 5.91 Å². The number of carbonyl (C=O) groups is 1. The Kier molecular flexibility index (Phi) is 7.37. The molecule has 0 aliphatic carbocycles. The van der Waals surface area contributed by atoms with Crippen LogP contribution in [0.2, 0.25) is 0 Å². The van der Waals surface area contributed by atoms with Crippen molar-refractivity contribution in [3.8, 4) is 5.75 Å². The molecule has 3 aromatic carbocycles. The standard InChI is InChI=1S/C34H38N4O4/c1-23-31(33(2,3)24-14-16-27(41-4)17-15-24)30(18-20-37-22-25(19-21-39)35-36-37)42-34(23)28-12-8-9-13-29(28)38(32(34)40)26-10-6-5-7-11-26/h5-17,22-23,30-31,39H,18-21H2,1-4H3/t23-,30+,31-,34+/m0/s1. The molecule has 0 radical (unpaired) electrons. The van der Waals surface area contributed by atoms with E-state index in [0.29, 0.717) is 19.4 Å². The number of aliphatic hydroxyl groups excluding tert-OH is 1. The Hall–Kier alpha value is -4.01. The summed E-state index contributed by atoms with van der Waals surface area (Å²) in [5.74, 6) is 0.620. The van der Waals surface area contributed by atoms with Crippen molar-refractivity contribution in [1.29, 1.82) is 0 Å². The van der Waals surface area contributed by atoms with Gasteiger partial charge in [-0.05, 0) is 47.7 Å². The molecule has 1 saturated heterocycles. The number of aliphatic hydroxyl groups is 1. The molecule has 4 aromatic rings. The Morgan fingerprint density at radius 2 is 1.74 bits per heavy atom. The normalized spacial score (nSPS) is 23.5. The molecule has 2 aliphatic rings. The first-order valence-electron chi connectivity index (χ1n) is 14.6. The van der Waals surface area contributed by atoms with E-state index in [9.17, 15) is 9.90 Å². The predicted octanol–water partition coefficient (Wildman–Crippen LogP) is 5.41. The van der Waals surface area contributed by atoms with Gasteiger partial charge in [-0.1, -0.05) is 74.5 Å². The van der Waals surface area contributed by atoms with Crippen molar-refractivity contribution in [2.75, 3.05) is 18.6 Å². The Morgan fingerprint density at radius 3 is 2.45 bits per heavy atom. The molecular weight excluding hydrogens is 528 g/mol. The lowest BCUT2D eigenvalue weighted by molar-refractivity contribution is -0.145. The van der Waals surface area contributed by atoms with Gasteiger partial charge in [0.15, 0.2) is 5.60 Å². The van der Waals surface area contributed by atoms with Crippen LogP contribution < -0.4 is 9.64 Å². The molecule has 4 atom stereocenters. The van der Waals surface area contributed by atoms with E-state index in [1.165, 1.54) is 0 Å². The Balaban J connectivity index is 1.42. The molecule has 1 fully saturated rings. The topological polar surface area (TPSA) is 89.7 Å². The number of hydrogen-bond acceptors (Lipinski definition) is 6. The number of methoxy groups -OCH3 is 1. The molecule has 42 heavy (non-hydrogen) atoms. The molecule has 0 bridgehead atoms. The minimum Gasteiger partial charge on any atom is -0.497 e. The van der Waals surface area contributed by atoms with Crippen LogP contribution in [0.5, 0.6) is 5.75 Å². The van der Waals surface area contributed by atoms with Crippen LogP contribution in [-0.2, 0) is 33.5 Å². The van der Waals surface area contributed by atoms with E-state index in [4.69, 9.17) is 9.47 Å². The van der Waals surface area contributed by atoms with Crippen molar-refractivity contribution in [2.45, 2.75) is 57.3 Å². The zero-order valence-electron chi connectivity index (χ0n) is 24.6. The van der Waals surface area contributed by atoms with Crippen LogP contribution in [0.15, 0.2) is 85.1 Å². The molecule has 8 nitrogen and oxygen atoms in total. The maximum absolute atomic E-state index is 14.7. The fourth-order valence-electron chi connectivity index (χ4n) is 7.23. The molecular formula is C34H38N4O4. The van der Waals surface area contributed by atoms with Crippen LogP contribution in [-0.4, -0.2) is 45.8 Å². The van der Waals surface area contributed by atoms with Crippen LogP contribution in [0.25, 0.3) is 0 Å². The van der Waals surface area contributed by atoms with Gasteiger partial charge in [-0.3, -0.25) is 14.4 Å². The lowest BCUT2D eigenvalue weighted by Gasteiger charge is -2.38. The van der Waals surface area contributed by atoms with E-state index >= 15 is 0 Å². The van der Waals surface area contributed by atoms with E-state index in [2.05, 4.69) is 43.2 Å². The number of aromatic nitrogens is 3. The summed E-state index contributed by atoms with van der Waals surface area (Å²) in [6, 6.07) is 26.1. The van der Waals surface area contributed by atoms with Gasteiger partial charge in [-0.2, -0.15) is 0 Å². The van der Waals surface area contributed by atoms with Crippen LogP contribution in [0, 0.1) is 11.8 Å². The number of aryl methyl sites for hydroxylation is 1. The zero-order chi connectivity index (χ0) is 29.5. The van der Waals surface area contributed by atoms with Crippen molar-refractivity contribution in [1.82, 2.24) is 15.0 Å². The molecule has 218 valence electrons. The molecule has 2 aliphatic heterocycles. The van der Waals surface area contributed by atoms with Crippen LogP contribution >= 0.6 is 0 Å². The summed E-state index contributed by atoms with van der Waals surface area (Å²) in [5, 5.41) is 17.8. The van der Waals surface area contributed by atoms with Gasteiger partial charge in [0.1, 0.15) is 5.75 Å².